The summed E-state index contributed by atoms with van der Waals surface area (Å²) in [7, 11) is 1.68. The van der Waals surface area contributed by atoms with Crippen molar-refractivity contribution >= 4 is 43.5 Å². The Bertz CT molecular complexity index is 572. The Balaban J connectivity index is 2.25. The van der Waals surface area contributed by atoms with Gasteiger partial charge in [0.2, 0.25) is 0 Å². The van der Waals surface area contributed by atoms with Crippen molar-refractivity contribution < 1.29 is 4.74 Å². The molecule has 2 rings (SSSR count). The molecule has 0 bridgehead atoms. The Morgan fingerprint density at radius 1 is 1.16 bits per heavy atom. The van der Waals surface area contributed by atoms with Crippen molar-refractivity contribution in [1.29, 1.82) is 0 Å². The Morgan fingerprint density at radius 2 is 1.89 bits per heavy atom. The Hall–Kier alpha value is -0.510. The lowest BCUT2D eigenvalue weighted by atomic mass is 10.0. The molecule has 4 heteroatoms. The first-order chi connectivity index (χ1) is 9.11. The molecule has 0 aliphatic carbocycles. The summed E-state index contributed by atoms with van der Waals surface area (Å²) in [6, 6.07) is 14.0. The maximum atomic E-state index is 6.54. The van der Waals surface area contributed by atoms with Gasteiger partial charge in [0.15, 0.2) is 0 Å². The van der Waals surface area contributed by atoms with E-state index in [4.69, 9.17) is 16.3 Å². The molecule has 0 radical (unpaired) electrons. The van der Waals surface area contributed by atoms with Crippen LogP contribution < -0.4 is 4.74 Å². The molecule has 0 amide bonds. The summed E-state index contributed by atoms with van der Waals surface area (Å²) in [5.41, 5.74) is 2.18. The molecular weight excluding hydrogens is 391 g/mol. The van der Waals surface area contributed by atoms with Crippen LogP contribution in [0.3, 0.4) is 0 Å². The number of hydrogen-bond acceptors (Lipinski definition) is 1. The van der Waals surface area contributed by atoms with Crippen molar-refractivity contribution in [3.05, 3.63) is 62.5 Å². The molecule has 0 aliphatic heterocycles. The lowest BCUT2D eigenvalue weighted by Crippen LogP contribution is -1.99. The molecule has 1 atom stereocenters. The molecule has 0 saturated carbocycles. The largest absolute Gasteiger partial charge is 0.496 e. The highest BCUT2D eigenvalue weighted by atomic mass is 79.9. The van der Waals surface area contributed by atoms with Gasteiger partial charge >= 0.3 is 0 Å². The van der Waals surface area contributed by atoms with Crippen LogP contribution in [0.5, 0.6) is 5.75 Å². The fourth-order valence-electron chi connectivity index (χ4n) is 1.93. The molecule has 0 aromatic heterocycles. The molecule has 0 spiro atoms. The maximum Gasteiger partial charge on any atom is 0.122 e. The van der Waals surface area contributed by atoms with Crippen molar-refractivity contribution in [3.8, 4) is 5.75 Å². The first-order valence-corrected chi connectivity index (χ1v) is 7.85. The van der Waals surface area contributed by atoms with E-state index in [-0.39, 0.29) is 5.38 Å². The number of para-hydroxylation sites is 1. The molecule has 0 aliphatic rings. The molecule has 2 aromatic carbocycles. The molecule has 0 heterocycles. The smallest absolute Gasteiger partial charge is 0.122 e. The van der Waals surface area contributed by atoms with Crippen molar-refractivity contribution in [3.63, 3.8) is 0 Å². The number of alkyl halides is 1. The van der Waals surface area contributed by atoms with Crippen molar-refractivity contribution in [2.24, 2.45) is 0 Å². The Labute approximate surface area is 135 Å². The summed E-state index contributed by atoms with van der Waals surface area (Å²) in [6.45, 7) is 0. The van der Waals surface area contributed by atoms with E-state index in [0.29, 0.717) is 0 Å². The highest BCUT2D eigenvalue weighted by Gasteiger charge is 2.15. The van der Waals surface area contributed by atoms with Crippen LogP contribution in [0, 0.1) is 0 Å². The summed E-state index contributed by atoms with van der Waals surface area (Å²) in [5.74, 6) is 0.874. The molecule has 0 N–H and O–H groups in total. The van der Waals surface area contributed by atoms with Gasteiger partial charge in [-0.05, 0) is 41.8 Å². The van der Waals surface area contributed by atoms with Crippen LogP contribution in [0.25, 0.3) is 0 Å². The van der Waals surface area contributed by atoms with E-state index >= 15 is 0 Å². The lowest BCUT2D eigenvalue weighted by Gasteiger charge is -2.14. The third-order valence-electron chi connectivity index (χ3n) is 2.89. The predicted molar refractivity (Wildman–Crippen MR) is 87.1 cm³/mol. The zero-order valence-corrected chi connectivity index (χ0v) is 14.3. The van der Waals surface area contributed by atoms with E-state index in [2.05, 4.69) is 31.9 Å². The van der Waals surface area contributed by atoms with Crippen LogP contribution in [0.2, 0.25) is 0 Å². The van der Waals surface area contributed by atoms with Gasteiger partial charge in [0, 0.05) is 8.95 Å². The second-order valence-electron chi connectivity index (χ2n) is 4.15. The van der Waals surface area contributed by atoms with Gasteiger partial charge in [-0.25, -0.2) is 0 Å². The Kier molecular flexibility index (Phi) is 5.31. The van der Waals surface area contributed by atoms with Crippen LogP contribution in [-0.2, 0) is 6.42 Å². The Morgan fingerprint density at radius 3 is 2.63 bits per heavy atom. The van der Waals surface area contributed by atoms with Gasteiger partial charge in [-0.3, -0.25) is 0 Å². The van der Waals surface area contributed by atoms with Crippen LogP contribution in [0.1, 0.15) is 16.5 Å². The van der Waals surface area contributed by atoms with E-state index in [1.54, 1.807) is 7.11 Å². The zero-order chi connectivity index (χ0) is 13.8. The zero-order valence-electron chi connectivity index (χ0n) is 10.4. The van der Waals surface area contributed by atoms with Crippen LogP contribution in [-0.4, -0.2) is 7.11 Å². The molecule has 0 fully saturated rings. The number of hydrogen-bond donors (Lipinski definition) is 0. The van der Waals surface area contributed by atoms with Gasteiger partial charge in [-0.15, -0.1) is 11.6 Å². The second kappa shape index (κ2) is 6.78. The van der Waals surface area contributed by atoms with Gasteiger partial charge in [0.1, 0.15) is 5.75 Å². The quantitative estimate of drug-likeness (QED) is 0.590. The van der Waals surface area contributed by atoms with Crippen molar-refractivity contribution in [1.82, 2.24) is 0 Å². The lowest BCUT2D eigenvalue weighted by molar-refractivity contribution is 0.409. The summed E-state index contributed by atoms with van der Waals surface area (Å²) < 4.78 is 7.40. The maximum absolute atomic E-state index is 6.54. The SMILES string of the molecule is COc1ccccc1CC(Cl)c1cc(Br)ccc1Br. The summed E-state index contributed by atoms with van der Waals surface area (Å²) in [6.07, 6.45) is 0.723. The first-order valence-electron chi connectivity index (χ1n) is 5.82. The van der Waals surface area contributed by atoms with Crippen LogP contribution in [0.15, 0.2) is 51.4 Å². The predicted octanol–water partition coefficient (Wildman–Crippen LogP) is 5.74. The highest BCUT2D eigenvalue weighted by Crippen LogP contribution is 2.34. The topological polar surface area (TPSA) is 9.23 Å². The molecule has 19 heavy (non-hydrogen) atoms. The van der Waals surface area contributed by atoms with E-state index < -0.39 is 0 Å². The van der Waals surface area contributed by atoms with E-state index in [9.17, 15) is 0 Å². The van der Waals surface area contributed by atoms with Gasteiger partial charge < -0.3 is 4.74 Å². The van der Waals surface area contributed by atoms with Crippen LogP contribution >= 0.6 is 43.5 Å². The standard InChI is InChI=1S/C15H13Br2ClO/c1-19-15-5-3-2-4-10(15)8-14(18)12-9-11(16)6-7-13(12)17/h2-7,9,14H,8H2,1H3. The third kappa shape index (κ3) is 3.74. The molecular formula is C15H13Br2ClO. The average Bonchev–Trinajstić information content (AvgIpc) is 2.42. The molecule has 0 saturated heterocycles. The van der Waals surface area contributed by atoms with Crippen molar-refractivity contribution in [2.45, 2.75) is 11.8 Å². The van der Waals surface area contributed by atoms with E-state index in [1.807, 2.05) is 42.5 Å². The number of ether oxygens (including phenoxy) is 1. The van der Waals surface area contributed by atoms with Gasteiger partial charge in [-0.1, -0.05) is 50.1 Å². The minimum Gasteiger partial charge on any atom is -0.496 e. The van der Waals surface area contributed by atoms with E-state index in [0.717, 1.165) is 32.2 Å². The summed E-state index contributed by atoms with van der Waals surface area (Å²) in [4.78, 5) is 0. The number of methoxy groups -OCH3 is 1. The van der Waals surface area contributed by atoms with Gasteiger partial charge in [0.05, 0.1) is 12.5 Å². The monoisotopic (exact) mass is 402 g/mol. The number of halogens is 3. The van der Waals surface area contributed by atoms with Crippen LogP contribution in [0.4, 0.5) is 0 Å². The second-order valence-corrected chi connectivity index (χ2v) is 6.45. The summed E-state index contributed by atoms with van der Waals surface area (Å²) in [5, 5.41) is -0.108. The minimum atomic E-state index is -0.108. The number of rotatable bonds is 4. The number of benzene rings is 2. The van der Waals surface area contributed by atoms with Gasteiger partial charge in [-0.2, -0.15) is 0 Å². The van der Waals surface area contributed by atoms with Crippen molar-refractivity contribution in [2.75, 3.05) is 7.11 Å². The van der Waals surface area contributed by atoms with Gasteiger partial charge in [0.25, 0.3) is 0 Å². The average molecular weight is 405 g/mol. The highest BCUT2D eigenvalue weighted by molar-refractivity contribution is 9.11. The molecule has 1 unspecified atom stereocenters. The normalized spacial score (nSPS) is 12.2. The first kappa shape index (κ1) is 14.9. The summed E-state index contributed by atoms with van der Waals surface area (Å²) >= 11 is 13.6. The third-order valence-corrected chi connectivity index (χ3v) is 4.49. The minimum absolute atomic E-state index is 0.108. The fraction of sp³-hybridized carbons (Fsp3) is 0.200. The van der Waals surface area contributed by atoms with E-state index in [1.165, 1.54) is 0 Å². The fourth-order valence-corrected chi connectivity index (χ4v) is 3.31. The molecule has 2 aromatic rings. The molecule has 100 valence electrons. The molecule has 1 nitrogen and oxygen atoms in total.